The van der Waals surface area contributed by atoms with Crippen LogP contribution in [0.15, 0.2) is 218 Å². The molecule has 0 saturated heterocycles. The highest BCUT2D eigenvalue weighted by molar-refractivity contribution is 6.32. The van der Waals surface area contributed by atoms with Gasteiger partial charge < -0.3 is 18.6 Å². The standard InChI is InChI=1S/C78H66N4/c1-47-25-37-55(38-26-47)79(73-49(3)17-15-21-57(73)51-29-33-53(34-30-51)77(5,6)7)67-43-41-59-63-45-70-64(46-69(63)81-65-23-13-11-19-61(65)71(67)75(59)81)60-42-44-68(72-62-20-12-14-24-66(62)82(70)76(60)72)80(56-39-27-48(2)28-40-56)74-50(4)18-16-22-58(74)52-31-35-54(36-32-52)78(8,9)10/h11-46H,1-10H3. The molecule has 0 aliphatic rings. The monoisotopic (exact) mass is 1060 g/mol. The third kappa shape index (κ3) is 7.43. The van der Waals surface area contributed by atoms with Crippen molar-refractivity contribution in [3.05, 3.63) is 252 Å². The number of fused-ring (bicyclic) bond motifs is 12. The molecular weight excluding hydrogens is 993 g/mol. The maximum absolute atomic E-state index is 2.57. The molecule has 0 N–H and O–H groups in total. The van der Waals surface area contributed by atoms with Crippen molar-refractivity contribution in [1.29, 1.82) is 0 Å². The lowest BCUT2D eigenvalue weighted by Crippen LogP contribution is -2.13. The number of aromatic nitrogens is 2. The predicted molar refractivity (Wildman–Crippen MR) is 352 cm³/mol. The zero-order valence-corrected chi connectivity index (χ0v) is 48.6. The molecule has 0 atom stereocenters. The number of hydrogen-bond donors (Lipinski definition) is 0. The van der Waals surface area contributed by atoms with Crippen LogP contribution in [0.25, 0.3) is 98.4 Å². The molecule has 4 heteroatoms. The summed E-state index contributed by atoms with van der Waals surface area (Å²) in [7, 11) is 0. The van der Waals surface area contributed by atoms with Crippen LogP contribution >= 0.6 is 0 Å². The first-order valence-corrected chi connectivity index (χ1v) is 29.1. The number of benzene rings is 11. The first kappa shape index (κ1) is 49.6. The molecule has 0 bridgehead atoms. The van der Waals surface area contributed by atoms with Crippen LogP contribution in [0.4, 0.5) is 34.1 Å². The Morgan fingerprint density at radius 1 is 0.317 bits per heavy atom. The molecule has 15 aromatic rings. The van der Waals surface area contributed by atoms with E-state index < -0.39 is 0 Å². The van der Waals surface area contributed by atoms with Gasteiger partial charge in [0.2, 0.25) is 0 Å². The Hall–Kier alpha value is -9.38. The minimum absolute atomic E-state index is 0.0548. The predicted octanol–water partition coefficient (Wildman–Crippen LogP) is 22.1. The first-order valence-electron chi connectivity index (χ1n) is 29.1. The smallest absolute Gasteiger partial charge is 0.0641 e. The summed E-state index contributed by atoms with van der Waals surface area (Å²) in [6.45, 7) is 22.6. The second-order valence-corrected chi connectivity index (χ2v) is 25.2. The Labute approximate surface area is 480 Å². The number of rotatable bonds is 8. The number of aryl methyl sites for hydroxylation is 4. The van der Waals surface area contributed by atoms with E-state index in [4.69, 9.17) is 0 Å². The van der Waals surface area contributed by atoms with Gasteiger partial charge in [0.05, 0.1) is 55.8 Å². The van der Waals surface area contributed by atoms with E-state index in [0.717, 1.165) is 22.7 Å². The van der Waals surface area contributed by atoms with E-state index in [-0.39, 0.29) is 10.8 Å². The SMILES string of the molecule is Cc1ccc(N(c2c(C)cccc2-c2ccc(C(C)(C)C)cc2)c2ccc3c4cc5c(cc4n4c6ccccc6c2c34)c2ccc(N(c3ccc(C)cc3)c3c(C)cccc3-c3ccc(C(C)(C)C)cc3)c3c4ccccc4n5c23)cc1. The van der Waals surface area contributed by atoms with Crippen LogP contribution in [-0.4, -0.2) is 8.80 Å². The lowest BCUT2D eigenvalue weighted by Gasteiger charge is -2.30. The molecule has 398 valence electrons. The van der Waals surface area contributed by atoms with Gasteiger partial charge in [-0.3, -0.25) is 0 Å². The summed E-state index contributed by atoms with van der Waals surface area (Å²) in [5.74, 6) is 0. The summed E-state index contributed by atoms with van der Waals surface area (Å²) < 4.78 is 5.14. The Balaban J connectivity index is 0.985. The Kier molecular flexibility index (Phi) is 10.9. The Morgan fingerprint density at radius 3 is 1.07 bits per heavy atom. The van der Waals surface area contributed by atoms with Crippen LogP contribution in [-0.2, 0) is 10.8 Å². The fourth-order valence-corrected chi connectivity index (χ4v) is 13.7. The average Bonchev–Trinajstić information content (AvgIpc) is 2.25. The Bertz CT molecular complexity index is 4680. The summed E-state index contributed by atoms with van der Waals surface area (Å²) in [4.78, 5) is 5.08. The van der Waals surface area contributed by atoms with Crippen LogP contribution in [0.5, 0.6) is 0 Å². The lowest BCUT2D eigenvalue weighted by atomic mass is 9.86. The van der Waals surface area contributed by atoms with Crippen molar-refractivity contribution in [2.45, 2.75) is 80.1 Å². The number of anilines is 6. The van der Waals surface area contributed by atoms with Gasteiger partial charge in [0.15, 0.2) is 0 Å². The summed E-state index contributed by atoms with van der Waals surface area (Å²) >= 11 is 0. The molecule has 4 aromatic heterocycles. The van der Waals surface area contributed by atoms with E-state index in [1.54, 1.807) is 0 Å². The van der Waals surface area contributed by atoms with Gasteiger partial charge in [0, 0.05) is 65.6 Å². The first-order chi connectivity index (χ1) is 39.6. The minimum atomic E-state index is 0.0548. The third-order valence-corrected chi connectivity index (χ3v) is 17.9. The summed E-state index contributed by atoms with van der Waals surface area (Å²) in [6.07, 6.45) is 0. The van der Waals surface area contributed by atoms with Crippen molar-refractivity contribution in [2.75, 3.05) is 9.80 Å². The fourth-order valence-electron chi connectivity index (χ4n) is 13.7. The van der Waals surface area contributed by atoms with Crippen LogP contribution < -0.4 is 9.80 Å². The van der Waals surface area contributed by atoms with Gasteiger partial charge in [0.1, 0.15) is 0 Å². The number of hydrogen-bond acceptors (Lipinski definition) is 2. The van der Waals surface area contributed by atoms with E-state index in [0.29, 0.717) is 0 Å². The highest BCUT2D eigenvalue weighted by Gasteiger charge is 2.30. The molecule has 0 spiro atoms. The topological polar surface area (TPSA) is 15.3 Å². The van der Waals surface area contributed by atoms with E-state index in [1.165, 1.54) is 143 Å². The highest BCUT2D eigenvalue weighted by atomic mass is 15.2. The van der Waals surface area contributed by atoms with E-state index >= 15 is 0 Å². The molecule has 0 radical (unpaired) electrons. The largest absolute Gasteiger partial charge is 0.309 e. The highest BCUT2D eigenvalue weighted by Crippen LogP contribution is 2.54. The van der Waals surface area contributed by atoms with Gasteiger partial charge in [-0.1, -0.05) is 210 Å². The van der Waals surface area contributed by atoms with Gasteiger partial charge in [-0.05, 0) is 133 Å². The van der Waals surface area contributed by atoms with Crippen molar-refractivity contribution in [3.63, 3.8) is 0 Å². The van der Waals surface area contributed by atoms with Crippen molar-refractivity contribution in [3.8, 4) is 22.3 Å². The fraction of sp³-hybridized carbons (Fsp3) is 0.154. The molecule has 0 aliphatic carbocycles. The molecule has 0 fully saturated rings. The van der Waals surface area contributed by atoms with Gasteiger partial charge in [-0.2, -0.15) is 0 Å². The van der Waals surface area contributed by atoms with E-state index in [9.17, 15) is 0 Å². The molecule has 4 heterocycles. The second kappa shape index (κ2) is 18.1. The van der Waals surface area contributed by atoms with Crippen molar-refractivity contribution in [2.24, 2.45) is 0 Å². The van der Waals surface area contributed by atoms with E-state index in [1.807, 2.05) is 0 Å². The lowest BCUT2D eigenvalue weighted by molar-refractivity contribution is 0.590. The second-order valence-electron chi connectivity index (χ2n) is 25.2. The van der Waals surface area contributed by atoms with Crippen molar-refractivity contribution in [1.82, 2.24) is 8.80 Å². The summed E-state index contributed by atoms with van der Waals surface area (Å²) in [5.41, 5.74) is 26.7. The van der Waals surface area contributed by atoms with Crippen molar-refractivity contribution < 1.29 is 0 Å². The quantitative estimate of drug-likeness (QED) is 0.151. The minimum Gasteiger partial charge on any atom is -0.309 e. The van der Waals surface area contributed by atoms with Crippen LogP contribution in [0.1, 0.15) is 74.9 Å². The summed E-state index contributed by atoms with van der Waals surface area (Å²) in [6, 6.07) is 83.0. The van der Waals surface area contributed by atoms with Gasteiger partial charge in [0.25, 0.3) is 0 Å². The zero-order valence-electron chi connectivity index (χ0n) is 48.6. The molecule has 82 heavy (non-hydrogen) atoms. The van der Waals surface area contributed by atoms with Gasteiger partial charge in [-0.25, -0.2) is 0 Å². The molecule has 11 aromatic carbocycles. The molecule has 4 nitrogen and oxygen atoms in total. The third-order valence-electron chi connectivity index (χ3n) is 17.9. The number of nitrogens with zero attached hydrogens (tertiary/aromatic N) is 4. The van der Waals surface area contributed by atoms with E-state index in [2.05, 4.69) is 306 Å². The average molecular weight is 1060 g/mol. The zero-order chi connectivity index (χ0) is 56.1. The van der Waals surface area contributed by atoms with Crippen molar-refractivity contribution >= 4 is 110 Å². The van der Waals surface area contributed by atoms with Crippen LogP contribution in [0, 0.1) is 27.7 Å². The summed E-state index contributed by atoms with van der Waals surface area (Å²) in [5, 5.41) is 9.96. The Morgan fingerprint density at radius 2 is 0.695 bits per heavy atom. The molecular formula is C78H66N4. The molecule has 0 amide bonds. The maximum atomic E-state index is 2.57. The van der Waals surface area contributed by atoms with Crippen LogP contribution in [0.2, 0.25) is 0 Å². The maximum Gasteiger partial charge on any atom is 0.0641 e. The van der Waals surface area contributed by atoms with Gasteiger partial charge >= 0.3 is 0 Å². The molecule has 0 aliphatic heterocycles. The van der Waals surface area contributed by atoms with Gasteiger partial charge in [-0.15, -0.1) is 0 Å². The molecule has 0 saturated carbocycles. The van der Waals surface area contributed by atoms with Crippen LogP contribution in [0.3, 0.4) is 0 Å². The normalized spacial score (nSPS) is 12.5. The molecule has 15 rings (SSSR count). The number of para-hydroxylation sites is 4. The molecule has 0 unspecified atom stereocenters.